The zero-order chi connectivity index (χ0) is 18.2. The highest BCUT2D eigenvalue weighted by molar-refractivity contribution is 5.79. The van der Waals surface area contributed by atoms with E-state index in [2.05, 4.69) is 19.2 Å². The van der Waals surface area contributed by atoms with E-state index in [9.17, 15) is 9.90 Å². The standard InChI is InChI=1S/C20H31NO4/c1-14(2)10-11-25-17-7-5-16(6-8-17)21-20(23)13-15-4-9-18(22)19(12-15)24-3/h4,9,12,14,16-17,22H,5-8,10-11,13H2,1-3H3,(H,21,23). The van der Waals surface area contributed by atoms with Crippen LogP contribution in [0.1, 0.15) is 51.5 Å². The molecule has 1 saturated carbocycles. The molecule has 2 N–H and O–H groups in total. The Morgan fingerprint density at radius 2 is 2.00 bits per heavy atom. The van der Waals surface area contributed by atoms with Crippen molar-refractivity contribution >= 4 is 5.91 Å². The van der Waals surface area contributed by atoms with Crippen LogP contribution in [0.5, 0.6) is 11.5 Å². The molecular weight excluding hydrogens is 318 g/mol. The number of methoxy groups -OCH3 is 1. The van der Waals surface area contributed by atoms with Crippen molar-refractivity contribution < 1.29 is 19.4 Å². The number of rotatable bonds is 8. The summed E-state index contributed by atoms with van der Waals surface area (Å²) in [5, 5.41) is 12.7. The predicted octanol–water partition coefficient (Wildman–Crippen LogP) is 3.43. The molecule has 1 amide bonds. The van der Waals surface area contributed by atoms with Crippen molar-refractivity contribution in [2.75, 3.05) is 13.7 Å². The van der Waals surface area contributed by atoms with Crippen LogP contribution in [0.4, 0.5) is 0 Å². The quantitative estimate of drug-likeness (QED) is 0.754. The average Bonchev–Trinajstić information content (AvgIpc) is 2.58. The van der Waals surface area contributed by atoms with Crippen LogP contribution >= 0.6 is 0 Å². The van der Waals surface area contributed by atoms with Crippen LogP contribution < -0.4 is 10.1 Å². The Labute approximate surface area is 150 Å². The molecule has 1 aromatic carbocycles. The number of phenolic OH excluding ortho intramolecular Hbond substituents is 1. The third-order valence-electron chi connectivity index (χ3n) is 4.70. The van der Waals surface area contributed by atoms with Crippen molar-refractivity contribution in [3.8, 4) is 11.5 Å². The molecule has 140 valence electrons. The summed E-state index contributed by atoms with van der Waals surface area (Å²) in [7, 11) is 1.50. The van der Waals surface area contributed by atoms with Gasteiger partial charge in [0, 0.05) is 12.6 Å². The molecule has 0 aromatic heterocycles. The summed E-state index contributed by atoms with van der Waals surface area (Å²) in [5.74, 6) is 1.16. The van der Waals surface area contributed by atoms with Crippen LogP contribution in [0.15, 0.2) is 18.2 Å². The van der Waals surface area contributed by atoms with E-state index in [1.807, 2.05) is 0 Å². The predicted molar refractivity (Wildman–Crippen MR) is 98.0 cm³/mol. The number of hydrogen-bond donors (Lipinski definition) is 2. The van der Waals surface area contributed by atoms with E-state index < -0.39 is 0 Å². The maximum absolute atomic E-state index is 12.2. The first-order chi connectivity index (χ1) is 12.0. The Kier molecular flexibility index (Phi) is 7.56. The molecule has 0 spiro atoms. The third kappa shape index (κ3) is 6.58. The van der Waals surface area contributed by atoms with Gasteiger partial charge >= 0.3 is 0 Å². The van der Waals surface area contributed by atoms with Gasteiger partial charge in [-0.2, -0.15) is 0 Å². The number of carbonyl (C=O) groups is 1. The van der Waals surface area contributed by atoms with Crippen LogP contribution in [0.25, 0.3) is 0 Å². The smallest absolute Gasteiger partial charge is 0.224 e. The Bertz CT molecular complexity index is 551. The molecule has 0 heterocycles. The molecule has 1 fully saturated rings. The maximum atomic E-state index is 12.2. The number of carbonyl (C=O) groups excluding carboxylic acids is 1. The molecule has 2 rings (SSSR count). The summed E-state index contributed by atoms with van der Waals surface area (Å²) in [5.41, 5.74) is 0.831. The lowest BCUT2D eigenvalue weighted by Crippen LogP contribution is -2.39. The van der Waals surface area contributed by atoms with Crippen LogP contribution in [-0.2, 0) is 16.0 Å². The van der Waals surface area contributed by atoms with Crippen molar-refractivity contribution in [3.05, 3.63) is 23.8 Å². The Morgan fingerprint density at radius 1 is 1.28 bits per heavy atom. The number of benzene rings is 1. The maximum Gasteiger partial charge on any atom is 0.224 e. The molecule has 0 saturated heterocycles. The molecule has 0 atom stereocenters. The van der Waals surface area contributed by atoms with E-state index in [0.29, 0.717) is 24.2 Å². The van der Waals surface area contributed by atoms with Crippen molar-refractivity contribution in [1.29, 1.82) is 0 Å². The molecule has 5 heteroatoms. The van der Waals surface area contributed by atoms with E-state index in [1.165, 1.54) is 7.11 Å². The fraction of sp³-hybridized carbons (Fsp3) is 0.650. The summed E-state index contributed by atoms with van der Waals surface area (Å²) in [4.78, 5) is 12.2. The van der Waals surface area contributed by atoms with E-state index in [0.717, 1.165) is 44.3 Å². The van der Waals surface area contributed by atoms with E-state index >= 15 is 0 Å². The Balaban J connectivity index is 1.71. The molecule has 5 nitrogen and oxygen atoms in total. The second-order valence-corrected chi connectivity index (χ2v) is 7.28. The summed E-state index contributed by atoms with van der Waals surface area (Å²) >= 11 is 0. The van der Waals surface area contributed by atoms with Crippen molar-refractivity contribution in [2.45, 2.75) is 64.5 Å². The lowest BCUT2D eigenvalue weighted by molar-refractivity contribution is -0.121. The lowest BCUT2D eigenvalue weighted by Gasteiger charge is -2.29. The average molecular weight is 349 g/mol. The summed E-state index contributed by atoms with van der Waals surface area (Å²) in [6, 6.07) is 5.24. The number of hydrogen-bond acceptors (Lipinski definition) is 4. The number of amides is 1. The summed E-state index contributed by atoms with van der Waals surface area (Å²) < 4.78 is 11.0. The van der Waals surface area contributed by atoms with Gasteiger partial charge in [0.2, 0.25) is 5.91 Å². The normalized spacial score (nSPS) is 20.5. The van der Waals surface area contributed by atoms with Crippen LogP contribution in [0.3, 0.4) is 0 Å². The fourth-order valence-electron chi connectivity index (χ4n) is 3.14. The van der Waals surface area contributed by atoms with Gasteiger partial charge in [-0.3, -0.25) is 4.79 Å². The third-order valence-corrected chi connectivity index (χ3v) is 4.70. The first kappa shape index (κ1) is 19.6. The van der Waals surface area contributed by atoms with Gasteiger partial charge in [-0.05, 0) is 55.7 Å². The Hall–Kier alpha value is -1.75. The van der Waals surface area contributed by atoms with Gasteiger partial charge in [-0.25, -0.2) is 0 Å². The van der Waals surface area contributed by atoms with E-state index in [-0.39, 0.29) is 17.7 Å². The molecule has 0 bridgehead atoms. The van der Waals surface area contributed by atoms with E-state index in [4.69, 9.17) is 9.47 Å². The minimum Gasteiger partial charge on any atom is -0.504 e. The second-order valence-electron chi connectivity index (χ2n) is 7.28. The van der Waals surface area contributed by atoms with Gasteiger partial charge in [0.25, 0.3) is 0 Å². The van der Waals surface area contributed by atoms with Crippen molar-refractivity contribution in [2.24, 2.45) is 5.92 Å². The van der Waals surface area contributed by atoms with E-state index in [1.54, 1.807) is 18.2 Å². The van der Waals surface area contributed by atoms with Crippen LogP contribution in [-0.4, -0.2) is 36.9 Å². The van der Waals surface area contributed by atoms with Gasteiger partial charge in [0.1, 0.15) is 0 Å². The fourth-order valence-corrected chi connectivity index (χ4v) is 3.14. The summed E-state index contributed by atoms with van der Waals surface area (Å²) in [6.45, 7) is 5.25. The minimum atomic E-state index is 0.0110. The molecular formula is C20H31NO4. The van der Waals surface area contributed by atoms with Gasteiger partial charge in [-0.1, -0.05) is 19.9 Å². The van der Waals surface area contributed by atoms with Crippen molar-refractivity contribution in [1.82, 2.24) is 5.32 Å². The minimum absolute atomic E-state index is 0.0110. The molecule has 0 aliphatic heterocycles. The highest BCUT2D eigenvalue weighted by atomic mass is 16.5. The van der Waals surface area contributed by atoms with Crippen molar-refractivity contribution in [3.63, 3.8) is 0 Å². The number of nitrogens with one attached hydrogen (secondary N) is 1. The SMILES string of the molecule is COc1cc(CC(=O)NC2CCC(OCCC(C)C)CC2)ccc1O. The summed E-state index contributed by atoms with van der Waals surface area (Å²) in [6.07, 6.45) is 5.70. The van der Waals surface area contributed by atoms with Crippen LogP contribution in [0, 0.1) is 5.92 Å². The van der Waals surface area contributed by atoms with Gasteiger partial charge in [0.05, 0.1) is 19.6 Å². The van der Waals surface area contributed by atoms with Gasteiger partial charge in [0.15, 0.2) is 11.5 Å². The lowest BCUT2D eigenvalue weighted by atomic mass is 9.92. The zero-order valence-corrected chi connectivity index (χ0v) is 15.6. The molecule has 1 aliphatic rings. The molecule has 25 heavy (non-hydrogen) atoms. The highest BCUT2D eigenvalue weighted by Gasteiger charge is 2.23. The second kappa shape index (κ2) is 9.66. The number of aromatic hydroxyl groups is 1. The molecule has 1 aromatic rings. The van der Waals surface area contributed by atoms with Crippen LogP contribution in [0.2, 0.25) is 0 Å². The largest absolute Gasteiger partial charge is 0.504 e. The highest BCUT2D eigenvalue weighted by Crippen LogP contribution is 2.26. The number of phenols is 1. The monoisotopic (exact) mass is 349 g/mol. The molecule has 1 aliphatic carbocycles. The topological polar surface area (TPSA) is 67.8 Å². The Morgan fingerprint density at radius 3 is 2.64 bits per heavy atom. The molecule has 0 unspecified atom stereocenters. The first-order valence-corrected chi connectivity index (χ1v) is 9.24. The zero-order valence-electron chi connectivity index (χ0n) is 15.6. The molecule has 0 radical (unpaired) electrons. The number of ether oxygens (including phenoxy) is 2. The van der Waals surface area contributed by atoms with Gasteiger partial charge < -0.3 is 19.9 Å². The first-order valence-electron chi connectivity index (χ1n) is 9.24. The van der Waals surface area contributed by atoms with Gasteiger partial charge in [-0.15, -0.1) is 0 Å².